The van der Waals surface area contributed by atoms with Crippen LogP contribution < -0.4 is 15.0 Å². The highest BCUT2D eigenvalue weighted by Gasteiger charge is 2.56. The van der Waals surface area contributed by atoms with Crippen LogP contribution in [0.1, 0.15) is 12.7 Å². The van der Waals surface area contributed by atoms with Gasteiger partial charge in [-0.2, -0.15) is 9.36 Å². The highest BCUT2D eigenvalue weighted by molar-refractivity contribution is 8.07. The largest absolute Gasteiger partial charge is 0.477 e. The van der Waals surface area contributed by atoms with Crippen molar-refractivity contribution in [3.63, 3.8) is 0 Å². The number of carboxylic acids is 1. The van der Waals surface area contributed by atoms with Gasteiger partial charge in [0.05, 0.1) is 10.6 Å². The minimum absolute atomic E-state index is 0.00703. The summed E-state index contributed by atoms with van der Waals surface area (Å²) in [4.78, 5) is 71.2. The Morgan fingerprint density at radius 2 is 2.00 bits per heavy atom. The van der Waals surface area contributed by atoms with Gasteiger partial charge in [-0.1, -0.05) is 28.7 Å². The van der Waals surface area contributed by atoms with Crippen LogP contribution in [0.2, 0.25) is 0 Å². The Labute approximate surface area is 264 Å². The van der Waals surface area contributed by atoms with Crippen molar-refractivity contribution in [3.8, 4) is 11.3 Å². The molecule has 232 valence electrons. The van der Waals surface area contributed by atoms with Gasteiger partial charge in [0, 0.05) is 34.6 Å². The van der Waals surface area contributed by atoms with Gasteiger partial charge in [-0.05, 0) is 6.92 Å². The number of fused-ring (bicyclic) bond motifs is 1. The molecule has 2 amide bonds. The van der Waals surface area contributed by atoms with Crippen molar-refractivity contribution >= 4 is 82.8 Å². The molecule has 2 aliphatic heterocycles. The highest BCUT2D eigenvalue weighted by Crippen LogP contribution is 2.49. The van der Waals surface area contributed by atoms with E-state index in [0.717, 1.165) is 34.0 Å². The summed E-state index contributed by atoms with van der Waals surface area (Å²) in [6.07, 6.45) is 3.72. The molecule has 0 saturated carbocycles. The molecule has 6 N–H and O–H groups in total. The molecule has 0 aliphatic carbocycles. The van der Waals surface area contributed by atoms with Crippen LogP contribution in [0.4, 0.5) is 5.13 Å². The first-order valence-electron chi connectivity index (χ1n) is 12.3. The first-order chi connectivity index (χ1) is 20.9. The number of rotatable bonds is 11. The lowest BCUT2D eigenvalue weighted by Crippen LogP contribution is -2.71. The van der Waals surface area contributed by atoms with Crippen LogP contribution in [-0.2, 0) is 30.8 Å². The average molecular weight is 702 g/mol. The maximum Gasteiger partial charge on any atom is 0.429 e. The molecule has 3 atom stereocenters. The highest BCUT2D eigenvalue weighted by atomic mass is 32.2. The number of aliphatic hydroxyl groups excluding tert-OH is 1. The molecule has 17 nitrogen and oxygen atoms in total. The number of aromatic nitrogens is 4. The van der Waals surface area contributed by atoms with E-state index < -0.39 is 53.8 Å². The summed E-state index contributed by atoms with van der Waals surface area (Å²) < 4.78 is 17.4. The lowest BCUT2D eigenvalue weighted by Gasteiger charge is -2.50. The van der Waals surface area contributed by atoms with Crippen molar-refractivity contribution in [3.05, 3.63) is 46.3 Å². The molecular formula is C22H22N8O9PS4+. The van der Waals surface area contributed by atoms with E-state index in [9.17, 15) is 29.2 Å². The maximum absolute atomic E-state index is 13.2. The van der Waals surface area contributed by atoms with E-state index in [1.165, 1.54) is 11.3 Å². The number of aliphatic hydroxyl groups is 1. The van der Waals surface area contributed by atoms with E-state index in [-0.39, 0.29) is 22.5 Å². The predicted octanol–water partition coefficient (Wildman–Crippen LogP) is 0.538. The van der Waals surface area contributed by atoms with Gasteiger partial charge in [0.25, 0.3) is 11.8 Å². The summed E-state index contributed by atoms with van der Waals surface area (Å²) in [5.41, 5.74) is -0.767. The second kappa shape index (κ2) is 12.9. The molecule has 44 heavy (non-hydrogen) atoms. The molecule has 0 radical (unpaired) electrons. The van der Waals surface area contributed by atoms with Crippen LogP contribution in [0.3, 0.4) is 0 Å². The number of carboxylic acid groups (broad SMARTS) is 1. The van der Waals surface area contributed by atoms with Gasteiger partial charge >= 0.3 is 13.7 Å². The van der Waals surface area contributed by atoms with Gasteiger partial charge in [-0.25, -0.2) is 18.9 Å². The fraction of sp³-hybridized carbons (Fsp3) is 0.273. The van der Waals surface area contributed by atoms with Crippen molar-refractivity contribution in [1.29, 1.82) is 0 Å². The standard InChI is InChI=1S/C22H21N8O9PS4/c1-3-39-26-11(15-25-21(44-28-15)27-40(36,37)38)16(31)24-12-17(32)30-13(19(33)34)14(20(35)43-18(12)30)42-22-23-10(8-41-22)9-4-6-29(2)7-5-9/h4-8,12,18,20,35H,3H2,1-2H3,(H4-,24,25,27,28,31,33,34,36,37,38)/p+1/b26-11-/t12-,18-,20?/m1/s1. The SMILES string of the molecule is CCO/N=C(\C(=O)N[C@@H]1C(=O)N2C(C(=O)O)=C(Sc3nc(-c4cc[n+](C)cc4)cs3)C(O)S[C@H]12)c1nsc(NP(=O)(O)O)n1. The normalized spacial score (nSPS) is 20.2. The Kier molecular flexibility index (Phi) is 9.37. The van der Waals surface area contributed by atoms with Gasteiger partial charge < -0.3 is 30.2 Å². The molecule has 0 aromatic carbocycles. The Bertz CT molecular complexity index is 1720. The van der Waals surface area contributed by atoms with Crippen molar-refractivity contribution < 1.29 is 48.4 Å². The molecule has 0 spiro atoms. The second-order valence-electron chi connectivity index (χ2n) is 8.85. The van der Waals surface area contributed by atoms with Gasteiger partial charge in [-0.3, -0.25) is 19.6 Å². The summed E-state index contributed by atoms with van der Waals surface area (Å²) in [5.74, 6) is -3.51. The van der Waals surface area contributed by atoms with E-state index >= 15 is 0 Å². The summed E-state index contributed by atoms with van der Waals surface area (Å²) in [5, 5.41) is 29.5. The number of amides is 2. The lowest BCUT2D eigenvalue weighted by atomic mass is 10.0. The van der Waals surface area contributed by atoms with Crippen molar-refractivity contribution in [2.24, 2.45) is 12.2 Å². The number of hydrogen-bond donors (Lipinski definition) is 6. The third kappa shape index (κ3) is 6.79. The number of oxime groups is 1. The number of carbonyl (C=O) groups is 3. The summed E-state index contributed by atoms with van der Waals surface area (Å²) in [7, 11) is -2.82. The second-order valence-corrected chi connectivity index (χ2v) is 14.3. The Balaban J connectivity index is 1.34. The molecule has 2 aliphatic rings. The van der Waals surface area contributed by atoms with Crippen LogP contribution in [0, 0.1) is 0 Å². The Morgan fingerprint density at radius 1 is 1.27 bits per heavy atom. The van der Waals surface area contributed by atoms with Crippen LogP contribution >= 0.6 is 54.1 Å². The summed E-state index contributed by atoms with van der Waals surface area (Å²) >= 11 is 3.60. The van der Waals surface area contributed by atoms with Gasteiger partial charge in [0.2, 0.25) is 16.7 Å². The fourth-order valence-corrected chi connectivity index (χ4v) is 8.53. The van der Waals surface area contributed by atoms with Crippen molar-refractivity contribution in [1.82, 2.24) is 24.6 Å². The summed E-state index contributed by atoms with van der Waals surface area (Å²) in [6.45, 7) is 1.64. The minimum atomic E-state index is -4.70. The number of aliphatic carboxylic acids is 1. The van der Waals surface area contributed by atoms with Gasteiger partial charge in [0.15, 0.2) is 16.7 Å². The molecule has 3 aromatic rings. The topological polar surface area (TPSA) is 241 Å². The fourth-order valence-electron chi connectivity index (χ4n) is 3.93. The van der Waals surface area contributed by atoms with Crippen molar-refractivity contribution in [2.45, 2.75) is 28.1 Å². The lowest BCUT2D eigenvalue weighted by molar-refractivity contribution is -0.671. The first-order valence-corrected chi connectivity index (χ1v) is 17.3. The van der Waals surface area contributed by atoms with Gasteiger partial charge in [0.1, 0.15) is 36.2 Å². The predicted molar refractivity (Wildman–Crippen MR) is 159 cm³/mol. The van der Waals surface area contributed by atoms with E-state index in [1.54, 1.807) is 12.3 Å². The van der Waals surface area contributed by atoms with Gasteiger partial charge in [-0.15, -0.1) is 11.3 Å². The molecule has 5 rings (SSSR count). The summed E-state index contributed by atoms with van der Waals surface area (Å²) in [6, 6.07) is 2.50. The van der Waals surface area contributed by atoms with E-state index in [0.29, 0.717) is 21.6 Å². The first kappa shape index (κ1) is 32.0. The van der Waals surface area contributed by atoms with E-state index in [2.05, 4.69) is 24.8 Å². The third-order valence-corrected chi connectivity index (χ3v) is 10.6. The molecule has 1 unspecified atom stereocenters. The zero-order valence-electron chi connectivity index (χ0n) is 22.4. The number of nitrogens with zero attached hydrogens (tertiary/aromatic N) is 6. The number of carbonyl (C=O) groups excluding carboxylic acids is 2. The smallest absolute Gasteiger partial charge is 0.429 e. The number of thiazole rings is 1. The molecule has 5 heterocycles. The number of hydrogen-bond acceptors (Lipinski definition) is 14. The maximum atomic E-state index is 13.2. The number of thioether (sulfide) groups is 2. The third-order valence-electron chi connectivity index (χ3n) is 5.83. The van der Waals surface area contributed by atoms with Crippen LogP contribution in [0.25, 0.3) is 11.3 Å². The molecule has 22 heteroatoms. The molecule has 1 saturated heterocycles. The van der Waals surface area contributed by atoms with Crippen LogP contribution in [-0.4, -0.2) is 86.2 Å². The Morgan fingerprint density at radius 3 is 2.66 bits per heavy atom. The zero-order valence-corrected chi connectivity index (χ0v) is 26.6. The molecule has 3 aromatic heterocycles. The van der Waals surface area contributed by atoms with Crippen molar-refractivity contribution in [2.75, 3.05) is 11.7 Å². The number of pyridine rings is 1. The van der Waals surface area contributed by atoms with E-state index in [1.807, 2.05) is 41.2 Å². The number of nitrogens with one attached hydrogen (secondary N) is 2. The molecular weight excluding hydrogens is 680 g/mol. The molecule has 0 bridgehead atoms. The zero-order chi connectivity index (χ0) is 31.8. The number of anilines is 1. The average Bonchev–Trinajstić information content (AvgIpc) is 3.62. The van der Waals surface area contributed by atoms with Crippen LogP contribution in [0.15, 0.2) is 50.0 Å². The number of aryl methyl sites for hydroxylation is 1. The minimum Gasteiger partial charge on any atom is -0.477 e. The van der Waals surface area contributed by atoms with Crippen LogP contribution in [0.5, 0.6) is 0 Å². The quantitative estimate of drug-likeness (QED) is 0.0526. The molecule has 1 fully saturated rings. The number of β-lactam (4-membered cyclic amide) rings is 1. The monoisotopic (exact) mass is 701 g/mol. The Hall–Kier alpha value is -3.43. The van der Waals surface area contributed by atoms with E-state index in [4.69, 9.17) is 14.6 Å².